The molecule has 114 valence electrons. The topological polar surface area (TPSA) is 65.1 Å². The number of hydrogen-bond donors (Lipinski definition) is 2. The van der Waals surface area contributed by atoms with Crippen LogP contribution in [-0.2, 0) is 6.54 Å². The Labute approximate surface area is 134 Å². The molecule has 2 rings (SSSR count). The highest BCUT2D eigenvalue weighted by atomic mass is 35.5. The predicted octanol–water partition coefficient (Wildman–Crippen LogP) is 3.16. The largest absolute Gasteiger partial charge is 0.493 e. The van der Waals surface area contributed by atoms with Crippen LogP contribution >= 0.6 is 23.2 Å². The molecule has 0 amide bonds. The summed E-state index contributed by atoms with van der Waals surface area (Å²) in [6, 6.07) is 4.91. The molecule has 21 heavy (non-hydrogen) atoms. The first kappa shape index (κ1) is 16.1. The highest BCUT2D eigenvalue weighted by Gasteiger charge is 2.24. The first-order chi connectivity index (χ1) is 10.1. The fourth-order valence-corrected chi connectivity index (χ4v) is 2.68. The van der Waals surface area contributed by atoms with E-state index in [-0.39, 0.29) is 6.04 Å². The third-order valence-electron chi connectivity index (χ3n) is 3.21. The van der Waals surface area contributed by atoms with E-state index in [4.69, 9.17) is 33.8 Å². The van der Waals surface area contributed by atoms with Gasteiger partial charge in [0.2, 0.25) is 0 Å². The molecular formula is C14H18Cl2N4O. The molecule has 5 nitrogen and oxygen atoms in total. The quantitative estimate of drug-likeness (QED) is 0.631. The van der Waals surface area contributed by atoms with Gasteiger partial charge in [-0.05, 0) is 30.2 Å². The summed E-state index contributed by atoms with van der Waals surface area (Å²) in [6.07, 6.45) is 2.62. The lowest BCUT2D eigenvalue weighted by Crippen LogP contribution is -2.31. The molecular weight excluding hydrogens is 311 g/mol. The van der Waals surface area contributed by atoms with E-state index in [9.17, 15) is 0 Å². The molecule has 2 aromatic rings. The number of ether oxygens (including phenoxy) is 1. The number of hydrazine groups is 1. The van der Waals surface area contributed by atoms with Gasteiger partial charge < -0.3 is 4.74 Å². The molecule has 1 unspecified atom stereocenters. The number of halogens is 2. The summed E-state index contributed by atoms with van der Waals surface area (Å²) in [6.45, 7) is 2.84. The van der Waals surface area contributed by atoms with Crippen LogP contribution in [0, 0.1) is 0 Å². The molecule has 0 fully saturated rings. The smallest absolute Gasteiger partial charge is 0.161 e. The molecule has 0 radical (unpaired) electrons. The maximum Gasteiger partial charge on any atom is 0.161 e. The van der Waals surface area contributed by atoms with Crippen LogP contribution in [-0.4, -0.2) is 16.9 Å². The molecule has 0 spiro atoms. The normalized spacial score (nSPS) is 12.4. The lowest BCUT2D eigenvalue weighted by molar-refractivity contribution is 0.398. The fourth-order valence-electron chi connectivity index (χ4n) is 2.27. The third-order valence-corrected chi connectivity index (χ3v) is 3.79. The summed E-state index contributed by atoms with van der Waals surface area (Å²) < 4.78 is 7.25. The van der Waals surface area contributed by atoms with Crippen molar-refractivity contribution in [1.82, 2.24) is 15.2 Å². The molecule has 1 atom stereocenters. The van der Waals surface area contributed by atoms with Gasteiger partial charge in [-0.2, -0.15) is 5.10 Å². The Balaban J connectivity index is 2.55. The molecule has 0 saturated carbocycles. The average Bonchev–Trinajstić information content (AvgIpc) is 2.87. The third kappa shape index (κ3) is 3.32. The Kier molecular flexibility index (Phi) is 5.47. The molecule has 0 aliphatic heterocycles. The molecule has 0 bridgehead atoms. The zero-order valence-electron chi connectivity index (χ0n) is 11.9. The number of aromatic nitrogens is 2. The van der Waals surface area contributed by atoms with Gasteiger partial charge in [0.15, 0.2) is 5.75 Å². The highest BCUT2D eigenvalue weighted by Crippen LogP contribution is 2.34. The number of benzene rings is 1. The minimum Gasteiger partial charge on any atom is -0.493 e. The lowest BCUT2D eigenvalue weighted by Gasteiger charge is -2.20. The number of aryl methyl sites for hydroxylation is 1. The van der Waals surface area contributed by atoms with Crippen LogP contribution in [0.2, 0.25) is 10.0 Å². The Bertz CT molecular complexity index is 615. The van der Waals surface area contributed by atoms with Crippen molar-refractivity contribution in [3.63, 3.8) is 0 Å². The van der Waals surface area contributed by atoms with Crippen molar-refractivity contribution >= 4 is 23.2 Å². The lowest BCUT2D eigenvalue weighted by atomic mass is 10.0. The maximum atomic E-state index is 6.29. The molecule has 3 N–H and O–H groups in total. The van der Waals surface area contributed by atoms with Gasteiger partial charge in [0.05, 0.1) is 19.3 Å². The van der Waals surface area contributed by atoms with Crippen molar-refractivity contribution in [2.75, 3.05) is 7.11 Å². The number of rotatable bonds is 6. The van der Waals surface area contributed by atoms with Gasteiger partial charge in [-0.15, -0.1) is 0 Å². The Morgan fingerprint density at radius 1 is 1.43 bits per heavy atom. The number of nitrogens with zero attached hydrogens (tertiary/aromatic N) is 2. The molecule has 7 heteroatoms. The van der Waals surface area contributed by atoms with Gasteiger partial charge in [0, 0.05) is 16.6 Å². The fraction of sp³-hybridized carbons (Fsp3) is 0.357. The Hall–Kier alpha value is -1.27. The number of methoxy groups -OCH3 is 1. The highest BCUT2D eigenvalue weighted by molar-refractivity contribution is 6.33. The van der Waals surface area contributed by atoms with Gasteiger partial charge in [-0.25, -0.2) is 5.43 Å². The monoisotopic (exact) mass is 328 g/mol. The van der Waals surface area contributed by atoms with Crippen LogP contribution in [0.4, 0.5) is 0 Å². The van der Waals surface area contributed by atoms with E-state index in [0.717, 1.165) is 24.2 Å². The Morgan fingerprint density at radius 2 is 2.19 bits per heavy atom. The van der Waals surface area contributed by atoms with E-state index < -0.39 is 0 Å². The minimum atomic E-state index is -0.361. The van der Waals surface area contributed by atoms with Gasteiger partial charge in [0.1, 0.15) is 5.69 Å². The second kappa shape index (κ2) is 7.13. The Morgan fingerprint density at radius 3 is 2.81 bits per heavy atom. The standard InChI is InChI=1S/C14H18Cl2N4O/c1-3-6-20-14(12(21-2)8-18-20)13(19-17)10-7-9(15)4-5-11(10)16/h4-5,7-8,13,19H,3,6,17H2,1-2H3. The molecule has 0 aliphatic rings. The summed E-state index contributed by atoms with van der Waals surface area (Å²) in [5.74, 6) is 6.41. The molecule has 0 aliphatic carbocycles. The van der Waals surface area contributed by atoms with E-state index in [0.29, 0.717) is 15.8 Å². The summed E-state index contributed by atoms with van der Waals surface area (Å²) in [5, 5.41) is 5.51. The van der Waals surface area contributed by atoms with Crippen molar-refractivity contribution in [1.29, 1.82) is 0 Å². The van der Waals surface area contributed by atoms with Crippen molar-refractivity contribution in [2.45, 2.75) is 25.9 Å². The van der Waals surface area contributed by atoms with Crippen molar-refractivity contribution in [3.05, 3.63) is 45.7 Å². The van der Waals surface area contributed by atoms with Crippen LogP contribution in [0.25, 0.3) is 0 Å². The maximum absolute atomic E-state index is 6.29. The molecule has 1 aromatic heterocycles. The van der Waals surface area contributed by atoms with Gasteiger partial charge in [-0.1, -0.05) is 30.1 Å². The van der Waals surface area contributed by atoms with Crippen LogP contribution in [0.1, 0.15) is 30.6 Å². The predicted molar refractivity (Wildman–Crippen MR) is 84.7 cm³/mol. The van der Waals surface area contributed by atoms with Gasteiger partial charge >= 0.3 is 0 Å². The summed E-state index contributed by atoms with van der Waals surface area (Å²) >= 11 is 12.4. The van der Waals surface area contributed by atoms with Crippen molar-refractivity contribution in [3.8, 4) is 5.75 Å². The number of nitrogens with two attached hydrogens (primary N) is 1. The van der Waals surface area contributed by atoms with Crippen molar-refractivity contribution < 1.29 is 4.74 Å². The second-order valence-electron chi connectivity index (χ2n) is 4.59. The molecule has 1 aromatic carbocycles. The SMILES string of the molecule is CCCn1ncc(OC)c1C(NN)c1cc(Cl)ccc1Cl. The second-order valence-corrected chi connectivity index (χ2v) is 5.43. The number of hydrogen-bond acceptors (Lipinski definition) is 4. The van der Waals surface area contributed by atoms with E-state index in [1.807, 2.05) is 4.68 Å². The van der Waals surface area contributed by atoms with Crippen LogP contribution < -0.4 is 16.0 Å². The van der Waals surface area contributed by atoms with Gasteiger partial charge in [-0.3, -0.25) is 10.5 Å². The van der Waals surface area contributed by atoms with Gasteiger partial charge in [0.25, 0.3) is 0 Å². The summed E-state index contributed by atoms with van der Waals surface area (Å²) in [7, 11) is 1.60. The van der Waals surface area contributed by atoms with E-state index in [2.05, 4.69) is 17.4 Å². The van der Waals surface area contributed by atoms with E-state index in [1.54, 1.807) is 31.5 Å². The zero-order chi connectivity index (χ0) is 15.4. The molecule has 0 saturated heterocycles. The average molecular weight is 329 g/mol. The number of nitrogens with one attached hydrogen (secondary N) is 1. The van der Waals surface area contributed by atoms with Crippen LogP contribution in [0.5, 0.6) is 5.75 Å². The first-order valence-electron chi connectivity index (χ1n) is 6.63. The van der Waals surface area contributed by atoms with Crippen molar-refractivity contribution in [2.24, 2.45) is 5.84 Å². The summed E-state index contributed by atoms with van der Waals surface area (Å²) in [5.41, 5.74) is 4.38. The molecule has 1 heterocycles. The van der Waals surface area contributed by atoms with Crippen LogP contribution in [0.15, 0.2) is 24.4 Å². The van der Waals surface area contributed by atoms with Crippen LogP contribution in [0.3, 0.4) is 0 Å². The first-order valence-corrected chi connectivity index (χ1v) is 7.38. The minimum absolute atomic E-state index is 0.361. The summed E-state index contributed by atoms with van der Waals surface area (Å²) in [4.78, 5) is 0. The van der Waals surface area contributed by atoms with E-state index >= 15 is 0 Å². The zero-order valence-corrected chi connectivity index (χ0v) is 13.4. The van der Waals surface area contributed by atoms with E-state index in [1.165, 1.54) is 0 Å².